The SMILES string of the molecule is CCc1nc(NC(=O)C2(CC)CCNC2)sc1C. The van der Waals surface area contributed by atoms with Crippen LogP contribution in [0.15, 0.2) is 0 Å². The second-order valence-electron chi connectivity index (χ2n) is 4.89. The Kier molecular flexibility index (Phi) is 4.02. The van der Waals surface area contributed by atoms with Crippen LogP contribution in [0.3, 0.4) is 0 Å². The van der Waals surface area contributed by atoms with Gasteiger partial charge in [-0.15, -0.1) is 11.3 Å². The van der Waals surface area contributed by atoms with Crippen molar-refractivity contribution in [2.75, 3.05) is 18.4 Å². The normalized spacial score (nSPS) is 23.3. The smallest absolute Gasteiger partial charge is 0.233 e. The van der Waals surface area contributed by atoms with Gasteiger partial charge >= 0.3 is 0 Å². The Balaban J connectivity index is 2.10. The highest BCUT2D eigenvalue weighted by molar-refractivity contribution is 7.15. The van der Waals surface area contributed by atoms with Gasteiger partial charge < -0.3 is 10.6 Å². The van der Waals surface area contributed by atoms with Crippen LogP contribution in [0.5, 0.6) is 0 Å². The monoisotopic (exact) mass is 267 g/mol. The fourth-order valence-corrected chi connectivity index (χ4v) is 3.34. The molecule has 2 heterocycles. The average molecular weight is 267 g/mol. The first-order valence-electron chi connectivity index (χ1n) is 6.60. The minimum atomic E-state index is -0.244. The van der Waals surface area contributed by atoms with Crippen LogP contribution in [0.2, 0.25) is 0 Å². The van der Waals surface area contributed by atoms with E-state index >= 15 is 0 Å². The lowest BCUT2D eigenvalue weighted by molar-refractivity contribution is -0.124. The predicted octanol–water partition coefficient (Wildman–Crippen LogP) is 2.34. The molecule has 1 unspecified atom stereocenters. The Bertz CT molecular complexity index is 435. The summed E-state index contributed by atoms with van der Waals surface area (Å²) in [6.07, 6.45) is 2.70. The summed E-state index contributed by atoms with van der Waals surface area (Å²) in [6, 6.07) is 0. The Labute approximate surface area is 112 Å². The van der Waals surface area contributed by atoms with Crippen LogP contribution < -0.4 is 10.6 Å². The van der Waals surface area contributed by atoms with Crippen LogP contribution in [0.1, 0.15) is 37.3 Å². The third-order valence-corrected chi connectivity index (χ3v) is 4.78. The van der Waals surface area contributed by atoms with Gasteiger partial charge in [-0.1, -0.05) is 13.8 Å². The Morgan fingerprint density at radius 1 is 1.56 bits per heavy atom. The number of thiazole rings is 1. The molecule has 100 valence electrons. The maximum Gasteiger partial charge on any atom is 0.233 e. The number of hydrogen-bond donors (Lipinski definition) is 2. The molecule has 1 atom stereocenters. The summed E-state index contributed by atoms with van der Waals surface area (Å²) in [5.74, 6) is 0.117. The van der Waals surface area contributed by atoms with Gasteiger partial charge in [-0.3, -0.25) is 4.79 Å². The lowest BCUT2D eigenvalue weighted by atomic mass is 9.83. The molecule has 2 N–H and O–H groups in total. The zero-order chi connectivity index (χ0) is 13.2. The highest BCUT2D eigenvalue weighted by atomic mass is 32.1. The topological polar surface area (TPSA) is 54.0 Å². The van der Waals surface area contributed by atoms with Crippen molar-refractivity contribution in [1.82, 2.24) is 10.3 Å². The molecule has 1 aliphatic rings. The lowest BCUT2D eigenvalue weighted by Gasteiger charge is -2.24. The van der Waals surface area contributed by atoms with E-state index in [0.29, 0.717) is 0 Å². The van der Waals surface area contributed by atoms with Crippen molar-refractivity contribution in [3.05, 3.63) is 10.6 Å². The number of carbonyl (C=O) groups excluding carboxylic acids is 1. The molecule has 0 spiro atoms. The number of aryl methyl sites for hydroxylation is 2. The van der Waals surface area contributed by atoms with Gasteiger partial charge in [0.15, 0.2) is 5.13 Å². The molecule has 5 heteroatoms. The van der Waals surface area contributed by atoms with Crippen molar-refractivity contribution >= 4 is 22.4 Å². The van der Waals surface area contributed by atoms with E-state index in [2.05, 4.69) is 36.4 Å². The molecule has 1 aromatic heterocycles. The van der Waals surface area contributed by atoms with Crippen molar-refractivity contribution in [1.29, 1.82) is 0 Å². The molecule has 0 bridgehead atoms. The largest absolute Gasteiger partial charge is 0.316 e. The fourth-order valence-electron chi connectivity index (χ4n) is 2.44. The Morgan fingerprint density at radius 2 is 2.33 bits per heavy atom. The van der Waals surface area contributed by atoms with Crippen molar-refractivity contribution in [2.24, 2.45) is 5.41 Å². The third kappa shape index (κ3) is 2.42. The summed E-state index contributed by atoms with van der Waals surface area (Å²) in [5, 5.41) is 7.02. The number of anilines is 1. The summed E-state index contributed by atoms with van der Waals surface area (Å²) < 4.78 is 0. The molecule has 1 aliphatic heterocycles. The minimum Gasteiger partial charge on any atom is -0.316 e. The maximum atomic E-state index is 12.4. The number of nitrogens with zero attached hydrogens (tertiary/aromatic N) is 1. The van der Waals surface area contributed by atoms with E-state index in [-0.39, 0.29) is 11.3 Å². The van der Waals surface area contributed by atoms with E-state index in [0.717, 1.165) is 43.2 Å². The van der Waals surface area contributed by atoms with Crippen LogP contribution in [0.25, 0.3) is 0 Å². The molecule has 4 nitrogen and oxygen atoms in total. The first-order chi connectivity index (χ1) is 8.61. The summed E-state index contributed by atoms with van der Waals surface area (Å²) in [7, 11) is 0. The van der Waals surface area contributed by atoms with Gasteiger partial charge in [0.25, 0.3) is 0 Å². The van der Waals surface area contributed by atoms with Crippen molar-refractivity contribution in [3.8, 4) is 0 Å². The van der Waals surface area contributed by atoms with Gasteiger partial charge in [0, 0.05) is 11.4 Å². The van der Waals surface area contributed by atoms with E-state index in [1.165, 1.54) is 4.88 Å². The van der Waals surface area contributed by atoms with Gasteiger partial charge in [-0.05, 0) is 32.7 Å². The summed E-state index contributed by atoms with van der Waals surface area (Å²) in [6.45, 7) is 7.93. The standard InChI is InChI=1S/C13H21N3OS/c1-4-10-9(3)18-12(15-10)16-11(17)13(5-2)6-7-14-8-13/h14H,4-8H2,1-3H3,(H,15,16,17). The van der Waals surface area contributed by atoms with E-state index in [9.17, 15) is 4.79 Å². The molecule has 1 fully saturated rings. The third-order valence-electron chi connectivity index (χ3n) is 3.85. The van der Waals surface area contributed by atoms with Crippen molar-refractivity contribution in [2.45, 2.75) is 40.0 Å². The second kappa shape index (κ2) is 5.36. The summed E-state index contributed by atoms with van der Waals surface area (Å²) in [4.78, 5) is 18.1. The van der Waals surface area contributed by atoms with E-state index in [4.69, 9.17) is 0 Å². The molecule has 18 heavy (non-hydrogen) atoms. The lowest BCUT2D eigenvalue weighted by Crippen LogP contribution is -2.37. The zero-order valence-electron chi connectivity index (χ0n) is 11.3. The number of nitrogens with one attached hydrogen (secondary N) is 2. The molecule has 2 rings (SSSR count). The van der Waals surface area contributed by atoms with Crippen molar-refractivity contribution in [3.63, 3.8) is 0 Å². The molecule has 0 aliphatic carbocycles. The first-order valence-corrected chi connectivity index (χ1v) is 7.41. The van der Waals surface area contributed by atoms with Crippen LogP contribution in [-0.4, -0.2) is 24.0 Å². The van der Waals surface area contributed by atoms with Gasteiger partial charge in [0.05, 0.1) is 11.1 Å². The number of carbonyl (C=O) groups is 1. The van der Waals surface area contributed by atoms with Gasteiger partial charge in [0.2, 0.25) is 5.91 Å². The molecule has 0 aromatic carbocycles. The molecule has 1 amide bonds. The van der Waals surface area contributed by atoms with E-state index in [1.54, 1.807) is 11.3 Å². The Hall–Kier alpha value is -0.940. The molecular weight excluding hydrogens is 246 g/mol. The van der Waals surface area contributed by atoms with Crippen LogP contribution in [0, 0.1) is 12.3 Å². The summed E-state index contributed by atoms with van der Waals surface area (Å²) in [5.41, 5.74) is 0.844. The first kappa shape index (κ1) is 13.5. The van der Waals surface area contributed by atoms with Crippen molar-refractivity contribution < 1.29 is 4.79 Å². The molecule has 0 radical (unpaired) electrons. The van der Waals surface area contributed by atoms with Crippen LogP contribution in [0.4, 0.5) is 5.13 Å². The average Bonchev–Trinajstić information content (AvgIpc) is 2.96. The Morgan fingerprint density at radius 3 is 2.83 bits per heavy atom. The van der Waals surface area contributed by atoms with Gasteiger partial charge in [-0.2, -0.15) is 0 Å². The molecule has 1 saturated heterocycles. The van der Waals surface area contributed by atoms with Crippen LogP contribution in [-0.2, 0) is 11.2 Å². The zero-order valence-corrected chi connectivity index (χ0v) is 12.1. The van der Waals surface area contributed by atoms with E-state index in [1.807, 2.05) is 0 Å². The fraction of sp³-hybridized carbons (Fsp3) is 0.692. The maximum absolute atomic E-state index is 12.4. The summed E-state index contributed by atoms with van der Waals surface area (Å²) >= 11 is 1.57. The molecular formula is C13H21N3OS. The second-order valence-corrected chi connectivity index (χ2v) is 6.09. The molecule has 0 saturated carbocycles. The van der Waals surface area contributed by atoms with Gasteiger partial charge in [0.1, 0.15) is 0 Å². The van der Waals surface area contributed by atoms with Gasteiger partial charge in [-0.25, -0.2) is 4.98 Å². The highest BCUT2D eigenvalue weighted by Crippen LogP contribution is 2.32. The number of hydrogen-bond acceptors (Lipinski definition) is 4. The minimum absolute atomic E-state index is 0.117. The quantitative estimate of drug-likeness (QED) is 0.880. The number of rotatable bonds is 4. The number of amides is 1. The number of aromatic nitrogens is 1. The molecule has 1 aromatic rings. The van der Waals surface area contributed by atoms with Crippen LogP contribution >= 0.6 is 11.3 Å². The predicted molar refractivity (Wildman–Crippen MR) is 75.1 cm³/mol. The van der Waals surface area contributed by atoms with E-state index < -0.39 is 0 Å². The highest BCUT2D eigenvalue weighted by Gasteiger charge is 2.39.